The lowest BCUT2D eigenvalue weighted by Gasteiger charge is -2.05. The SMILES string of the molecule is Cc1cc(C(=O)Nc2ccn3cc(-c4ccccc4)nc3n2)cc(Cl)n1. The topological polar surface area (TPSA) is 72.2 Å². The van der Waals surface area contributed by atoms with Gasteiger partial charge >= 0.3 is 0 Å². The van der Waals surface area contributed by atoms with E-state index in [-0.39, 0.29) is 11.1 Å². The fourth-order valence-corrected chi connectivity index (χ4v) is 2.89. The van der Waals surface area contributed by atoms with Crippen LogP contribution in [0, 0.1) is 6.92 Å². The Bertz CT molecular complexity index is 1090. The zero-order valence-electron chi connectivity index (χ0n) is 13.8. The lowest BCUT2D eigenvalue weighted by molar-refractivity contribution is 0.102. The van der Waals surface area contributed by atoms with Gasteiger partial charge in [-0.3, -0.25) is 9.20 Å². The van der Waals surface area contributed by atoms with E-state index in [1.54, 1.807) is 19.1 Å². The molecule has 0 aliphatic heterocycles. The first-order valence-corrected chi connectivity index (χ1v) is 8.33. The van der Waals surface area contributed by atoms with E-state index in [4.69, 9.17) is 11.6 Å². The number of carbonyl (C=O) groups is 1. The maximum atomic E-state index is 12.4. The number of fused-ring (bicyclic) bond motifs is 1. The van der Waals surface area contributed by atoms with Gasteiger partial charge in [0.1, 0.15) is 11.0 Å². The predicted molar refractivity (Wildman–Crippen MR) is 100 cm³/mol. The molecule has 4 rings (SSSR count). The molecule has 0 aliphatic carbocycles. The second kappa shape index (κ2) is 6.57. The van der Waals surface area contributed by atoms with Crippen LogP contribution >= 0.6 is 11.6 Å². The number of nitrogens with one attached hydrogen (secondary N) is 1. The molecule has 4 aromatic rings. The van der Waals surface area contributed by atoms with Crippen LogP contribution in [0.1, 0.15) is 16.1 Å². The van der Waals surface area contributed by atoms with Crippen LogP contribution in [0.25, 0.3) is 17.0 Å². The molecule has 1 amide bonds. The number of benzene rings is 1. The van der Waals surface area contributed by atoms with Crippen molar-refractivity contribution in [3.05, 3.63) is 77.3 Å². The van der Waals surface area contributed by atoms with E-state index < -0.39 is 0 Å². The summed E-state index contributed by atoms with van der Waals surface area (Å²) in [5, 5.41) is 3.04. The predicted octanol–water partition coefficient (Wildman–Crippen LogP) is 4.01. The van der Waals surface area contributed by atoms with Gasteiger partial charge in [0, 0.05) is 29.2 Å². The molecule has 0 atom stereocenters. The minimum Gasteiger partial charge on any atom is -0.306 e. The van der Waals surface area contributed by atoms with Crippen molar-refractivity contribution in [1.29, 1.82) is 0 Å². The molecule has 3 heterocycles. The van der Waals surface area contributed by atoms with Crippen LogP contribution in [0.2, 0.25) is 5.15 Å². The minimum atomic E-state index is -0.302. The van der Waals surface area contributed by atoms with Gasteiger partial charge in [0.05, 0.1) is 5.69 Å². The summed E-state index contributed by atoms with van der Waals surface area (Å²) in [6.45, 7) is 1.78. The molecule has 7 heteroatoms. The molecule has 0 radical (unpaired) electrons. The Labute approximate surface area is 154 Å². The molecule has 0 unspecified atom stereocenters. The highest BCUT2D eigenvalue weighted by Crippen LogP contribution is 2.19. The monoisotopic (exact) mass is 363 g/mol. The average molecular weight is 364 g/mol. The molecular weight excluding hydrogens is 350 g/mol. The molecule has 0 saturated carbocycles. The number of rotatable bonds is 3. The molecule has 0 aliphatic rings. The first-order valence-electron chi connectivity index (χ1n) is 7.95. The summed E-state index contributed by atoms with van der Waals surface area (Å²) in [5.41, 5.74) is 2.92. The van der Waals surface area contributed by atoms with Gasteiger partial charge in [0.25, 0.3) is 5.91 Å². The van der Waals surface area contributed by atoms with Crippen LogP contribution in [0.3, 0.4) is 0 Å². The molecule has 0 fully saturated rings. The summed E-state index contributed by atoms with van der Waals surface area (Å²) in [5.74, 6) is 0.619. The van der Waals surface area contributed by atoms with E-state index in [0.717, 1.165) is 11.3 Å². The molecule has 6 nitrogen and oxygen atoms in total. The summed E-state index contributed by atoms with van der Waals surface area (Å²) < 4.78 is 1.81. The van der Waals surface area contributed by atoms with Crippen LogP contribution in [0.15, 0.2) is 60.9 Å². The molecular formula is C19H14ClN5O. The summed E-state index contributed by atoms with van der Waals surface area (Å²) in [6.07, 6.45) is 3.71. The third-order valence-electron chi connectivity index (χ3n) is 3.82. The summed E-state index contributed by atoms with van der Waals surface area (Å²) in [6, 6.07) is 14.8. The Morgan fingerprint density at radius 1 is 1.08 bits per heavy atom. The van der Waals surface area contributed by atoms with Crippen molar-refractivity contribution in [2.45, 2.75) is 6.92 Å². The first kappa shape index (κ1) is 16.2. The molecule has 1 aromatic carbocycles. The van der Waals surface area contributed by atoms with Crippen molar-refractivity contribution in [1.82, 2.24) is 19.4 Å². The van der Waals surface area contributed by atoms with Gasteiger partial charge in [-0.2, -0.15) is 4.98 Å². The molecule has 0 saturated heterocycles. The largest absolute Gasteiger partial charge is 0.306 e. The van der Waals surface area contributed by atoms with Crippen LogP contribution in [0.4, 0.5) is 5.82 Å². The maximum Gasteiger partial charge on any atom is 0.256 e. The highest BCUT2D eigenvalue weighted by Gasteiger charge is 2.11. The van der Waals surface area contributed by atoms with Gasteiger partial charge in [0.15, 0.2) is 0 Å². The average Bonchev–Trinajstić information content (AvgIpc) is 3.05. The van der Waals surface area contributed by atoms with Crippen molar-refractivity contribution >= 4 is 29.1 Å². The van der Waals surface area contributed by atoms with E-state index in [9.17, 15) is 4.79 Å². The Balaban J connectivity index is 1.62. The number of aromatic nitrogens is 4. The van der Waals surface area contributed by atoms with Gasteiger partial charge in [-0.15, -0.1) is 0 Å². The van der Waals surface area contributed by atoms with Crippen LogP contribution in [0.5, 0.6) is 0 Å². The van der Waals surface area contributed by atoms with Gasteiger partial charge < -0.3 is 5.32 Å². The Hall–Kier alpha value is -3.25. The summed E-state index contributed by atoms with van der Waals surface area (Å²) in [7, 11) is 0. The number of nitrogens with zero attached hydrogens (tertiary/aromatic N) is 4. The van der Waals surface area contributed by atoms with Crippen molar-refractivity contribution in [3.63, 3.8) is 0 Å². The first-order chi connectivity index (χ1) is 12.6. The third kappa shape index (κ3) is 3.27. The number of amides is 1. The quantitative estimate of drug-likeness (QED) is 0.558. The lowest BCUT2D eigenvalue weighted by Crippen LogP contribution is -2.13. The second-order valence-electron chi connectivity index (χ2n) is 5.79. The molecule has 26 heavy (non-hydrogen) atoms. The third-order valence-corrected chi connectivity index (χ3v) is 4.02. The van der Waals surface area contributed by atoms with E-state index in [2.05, 4.69) is 20.3 Å². The van der Waals surface area contributed by atoms with Gasteiger partial charge in [0.2, 0.25) is 5.78 Å². The standard InChI is InChI=1S/C19H14ClN5O/c1-12-9-14(10-16(20)21-12)18(26)23-17-7-8-25-11-15(22-19(25)24-17)13-5-3-2-4-6-13/h2-11H,1H3,(H,22,23,24,26). The van der Waals surface area contributed by atoms with Crippen molar-refractivity contribution in [3.8, 4) is 11.3 Å². The minimum absolute atomic E-state index is 0.277. The van der Waals surface area contributed by atoms with Crippen molar-refractivity contribution < 1.29 is 4.79 Å². The van der Waals surface area contributed by atoms with Crippen molar-refractivity contribution in [2.75, 3.05) is 5.32 Å². The van der Waals surface area contributed by atoms with Gasteiger partial charge in [-0.1, -0.05) is 41.9 Å². The number of anilines is 1. The molecule has 1 N–H and O–H groups in total. The number of halogens is 1. The Morgan fingerprint density at radius 3 is 2.65 bits per heavy atom. The number of carbonyl (C=O) groups excluding carboxylic acids is 1. The maximum absolute atomic E-state index is 12.4. The fraction of sp³-hybridized carbons (Fsp3) is 0.0526. The van der Waals surface area contributed by atoms with E-state index in [1.165, 1.54) is 6.07 Å². The highest BCUT2D eigenvalue weighted by atomic mass is 35.5. The van der Waals surface area contributed by atoms with Crippen LogP contribution in [-0.2, 0) is 0 Å². The normalized spacial score (nSPS) is 10.8. The Morgan fingerprint density at radius 2 is 1.88 bits per heavy atom. The summed E-state index contributed by atoms with van der Waals surface area (Å²) in [4.78, 5) is 25.4. The number of aryl methyl sites for hydroxylation is 1. The Kier molecular flexibility index (Phi) is 4.10. The zero-order valence-corrected chi connectivity index (χ0v) is 14.6. The molecule has 3 aromatic heterocycles. The van der Waals surface area contributed by atoms with Crippen LogP contribution < -0.4 is 5.32 Å². The van der Waals surface area contributed by atoms with Gasteiger partial charge in [-0.25, -0.2) is 9.97 Å². The zero-order chi connectivity index (χ0) is 18.1. The van der Waals surface area contributed by atoms with E-state index in [1.807, 2.05) is 47.1 Å². The number of pyridine rings is 1. The number of hydrogen-bond donors (Lipinski definition) is 1. The molecule has 0 spiro atoms. The number of imidazole rings is 1. The van der Waals surface area contributed by atoms with Crippen LogP contribution in [-0.4, -0.2) is 25.3 Å². The van der Waals surface area contributed by atoms with Crippen molar-refractivity contribution in [2.24, 2.45) is 0 Å². The smallest absolute Gasteiger partial charge is 0.256 e. The van der Waals surface area contributed by atoms with E-state index >= 15 is 0 Å². The summed E-state index contributed by atoms with van der Waals surface area (Å²) >= 11 is 5.92. The van der Waals surface area contributed by atoms with E-state index in [0.29, 0.717) is 22.9 Å². The lowest BCUT2D eigenvalue weighted by atomic mass is 10.2. The molecule has 128 valence electrons. The highest BCUT2D eigenvalue weighted by molar-refractivity contribution is 6.29. The molecule has 0 bridgehead atoms. The second-order valence-corrected chi connectivity index (χ2v) is 6.17. The fourth-order valence-electron chi connectivity index (χ4n) is 2.64. The van der Waals surface area contributed by atoms with Gasteiger partial charge in [-0.05, 0) is 25.1 Å². The number of hydrogen-bond acceptors (Lipinski definition) is 4.